The van der Waals surface area contributed by atoms with E-state index in [1.165, 1.54) is 24.7 Å². The average molecular weight is 363 g/mol. The van der Waals surface area contributed by atoms with Gasteiger partial charge in [-0.15, -0.1) is 0 Å². The Labute approximate surface area is 153 Å². The van der Waals surface area contributed by atoms with Gasteiger partial charge in [-0.3, -0.25) is 4.68 Å². The van der Waals surface area contributed by atoms with E-state index in [9.17, 15) is 14.3 Å². The van der Waals surface area contributed by atoms with E-state index in [0.29, 0.717) is 12.2 Å². The molecular weight excluding hydrogens is 349 g/mol. The van der Waals surface area contributed by atoms with Crippen molar-refractivity contribution in [3.05, 3.63) is 78.1 Å². The monoisotopic (exact) mass is 363 g/mol. The van der Waals surface area contributed by atoms with Crippen LogP contribution in [0.5, 0.6) is 0 Å². The van der Waals surface area contributed by atoms with E-state index in [2.05, 4.69) is 20.4 Å². The Morgan fingerprint density at radius 2 is 2.07 bits per heavy atom. The van der Waals surface area contributed by atoms with Crippen LogP contribution in [0.4, 0.5) is 15.9 Å². The Balaban J connectivity index is 1.62. The molecule has 0 unspecified atom stereocenters. The van der Waals surface area contributed by atoms with Gasteiger partial charge in [0.05, 0.1) is 18.3 Å². The predicted molar refractivity (Wildman–Crippen MR) is 97.5 cm³/mol. The normalized spacial score (nSPS) is 10.9. The van der Waals surface area contributed by atoms with Gasteiger partial charge in [-0.1, -0.05) is 12.1 Å². The second-order valence-corrected chi connectivity index (χ2v) is 5.92. The van der Waals surface area contributed by atoms with Gasteiger partial charge in [-0.05, 0) is 35.9 Å². The molecule has 0 bridgehead atoms. The Kier molecular flexibility index (Phi) is 4.21. The van der Waals surface area contributed by atoms with E-state index in [4.69, 9.17) is 0 Å². The minimum absolute atomic E-state index is 0.0144. The average Bonchev–Trinajstić information content (AvgIpc) is 3.04. The molecule has 27 heavy (non-hydrogen) atoms. The van der Waals surface area contributed by atoms with E-state index in [1.54, 1.807) is 23.0 Å². The van der Waals surface area contributed by atoms with Crippen LogP contribution in [0.2, 0.25) is 0 Å². The summed E-state index contributed by atoms with van der Waals surface area (Å²) in [5, 5.41) is 17.4. The molecule has 0 aliphatic rings. The summed E-state index contributed by atoms with van der Waals surface area (Å²) in [5.41, 5.74) is 2.36. The van der Waals surface area contributed by atoms with Crippen LogP contribution in [0.15, 0.2) is 61.2 Å². The van der Waals surface area contributed by atoms with Gasteiger partial charge in [0.25, 0.3) is 0 Å². The predicted octanol–water partition coefficient (Wildman–Crippen LogP) is 3.46. The van der Waals surface area contributed by atoms with Crippen molar-refractivity contribution < 1.29 is 14.3 Å². The molecule has 2 aromatic carbocycles. The number of carbonyl (C=O) groups is 1. The summed E-state index contributed by atoms with van der Waals surface area (Å²) in [4.78, 5) is 19.0. The highest BCUT2D eigenvalue weighted by atomic mass is 19.1. The first-order valence-electron chi connectivity index (χ1n) is 8.10. The summed E-state index contributed by atoms with van der Waals surface area (Å²) >= 11 is 0. The molecule has 0 atom stereocenters. The molecule has 2 heterocycles. The highest BCUT2D eigenvalue weighted by Crippen LogP contribution is 2.23. The molecular formula is C19H14FN5O2. The second kappa shape index (κ2) is 6.83. The van der Waals surface area contributed by atoms with Crippen molar-refractivity contribution in [1.29, 1.82) is 0 Å². The van der Waals surface area contributed by atoms with Gasteiger partial charge in [0.2, 0.25) is 0 Å². The fourth-order valence-corrected chi connectivity index (χ4v) is 2.82. The third-order valence-electron chi connectivity index (χ3n) is 4.07. The Morgan fingerprint density at radius 1 is 1.19 bits per heavy atom. The van der Waals surface area contributed by atoms with Crippen LogP contribution >= 0.6 is 0 Å². The summed E-state index contributed by atoms with van der Waals surface area (Å²) in [6.07, 6.45) is 4.23. The van der Waals surface area contributed by atoms with Crippen LogP contribution in [0.3, 0.4) is 0 Å². The lowest BCUT2D eigenvalue weighted by Gasteiger charge is -2.08. The van der Waals surface area contributed by atoms with E-state index in [1.807, 2.05) is 18.2 Å². The SMILES string of the molecule is O=C(O)c1cncnc1Nc1ccc2c(cnn2Cc2cccc(F)c2)c1. The van der Waals surface area contributed by atoms with Crippen LogP contribution in [-0.2, 0) is 6.54 Å². The zero-order chi connectivity index (χ0) is 18.8. The molecule has 0 spiro atoms. The standard InChI is InChI=1S/C19H14FN5O2/c20-14-3-1-2-12(6-14)10-25-17-5-4-15(7-13(17)8-23-25)24-18-16(19(26)27)9-21-11-22-18/h1-9,11H,10H2,(H,26,27)(H,21,22,24). The number of hydrogen-bond donors (Lipinski definition) is 2. The van der Waals surface area contributed by atoms with Gasteiger partial charge in [-0.2, -0.15) is 5.10 Å². The number of halogens is 1. The number of aromatic carboxylic acids is 1. The molecule has 0 saturated carbocycles. The van der Waals surface area contributed by atoms with Crippen LogP contribution < -0.4 is 5.32 Å². The topological polar surface area (TPSA) is 92.9 Å². The van der Waals surface area contributed by atoms with E-state index < -0.39 is 5.97 Å². The summed E-state index contributed by atoms with van der Waals surface area (Å²) < 4.78 is 15.1. The number of carboxylic acids is 1. The highest BCUT2D eigenvalue weighted by Gasteiger charge is 2.12. The fraction of sp³-hybridized carbons (Fsp3) is 0.0526. The van der Waals surface area contributed by atoms with E-state index in [-0.39, 0.29) is 17.2 Å². The first-order chi connectivity index (χ1) is 13.1. The lowest BCUT2D eigenvalue weighted by Crippen LogP contribution is -2.05. The molecule has 7 nitrogen and oxygen atoms in total. The smallest absolute Gasteiger partial charge is 0.341 e. The van der Waals surface area contributed by atoms with Crippen molar-refractivity contribution >= 4 is 28.4 Å². The molecule has 8 heteroatoms. The number of nitrogens with zero attached hydrogens (tertiary/aromatic N) is 4. The summed E-state index contributed by atoms with van der Waals surface area (Å²) in [7, 11) is 0. The molecule has 134 valence electrons. The molecule has 0 fully saturated rings. The first-order valence-corrected chi connectivity index (χ1v) is 8.10. The maximum atomic E-state index is 13.4. The number of benzene rings is 2. The third-order valence-corrected chi connectivity index (χ3v) is 4.07. The Morgan fingerprint density at radius 3 is 2.89 bits per heavy atom. The van der Waals surface area contributed by atoms with Crippen molar-refractivity contribution in [2.24, 2.45) is 0 Å². The molecule has 2 N–H and O–H groups in total. The summed E-state index contributed by atoms with van der Waals surface area (Å²) in [6.45, 7) is 0.448. The van der Waals surface area contributed by atoms with Crippen LogP contribution in [0, 0.1) is 5.82 Å². The Hall–Kier alpha value is -3.81. The molecule has 2 aromatic heterocycles. The quantitative estimate of drug-likeness (QED) is 0.564. The van der Waals surface area contributed by atoms with Gasteiger partial charge < -0.3 is 10.4 Å². The highest BCUT2D eigenvalue weighted by molar-refractivity contribution is 5.94. The number of nitrogens with one attached hydrogen (secondary N) is 1. The number of anilines is 2. The first kappa shape index (κ1) is 16.6. The molecule has 0 aliphatic carbocycles. The second-order valence-electron chi connectivity index (χ2n) is 5.92. The number of hydrogen-bond acceptors (Lipinski definition) is 5. The zero-order valence-corrected chi connectivity index (χ0v) is 14.0. The maximum Gasteiger partial charge on any atom is 0.341 e. The summed E-state index contributed by atoms with van der Waals surface area (Å²) in [6, 6.07) is 11.9. The number of carboxylic acid groups (broad SMARTS) is 1. The van der Waals surface area contributed by atoms with Gasteiger partial charge in [0.1, 0.15) is 23.5 Å². The zero-order valence-electron chi connectivity index (χ0n) is 14.0. The largest absolute Gasteiger partial charge is 0.477 e. The number of rotatable bonds is 5. The lowest BCUT2D eigenvalue weighted by atomic mass is 10.2. The van der Waals surface area contributed by atoms with Gasteiger partial charge in [-0.25, -0.2) is 19.2 Å². The molecule has 0 saturated heterocycles. The molecule has 4 aromatic rings. The maximum absolute atomic E-state index is 13.4. The minimum atomic E-state index is -1.11. The molecule has 4 rings (SSSR count). The Bertz CT molecular complexity index is 1140. The van der Waals surface area contributed by atoms with E-state index in [0.717, 1.165) is 16.5 Å². The molecule has 0 radical (unpaired) electrons. The molecule has 0 aliphatic heterocycles. The van der Waals surface area contributed by atoms with Crippen molar-refractivity contribution in [3.8, 4) is 0 Å². The van der Waals surface area contributed by atoms with Crippen molar-refractivity contribution in [2.75, 3.05) is 5.32 Å². The van der Waals surface area contributed by atoms with Gasteiger partial charge >= 0.3 is 5.97 Å². The minimum Gasteiger partial charge on any atom is -0.477 e. The van der Waals surface area contributed by atoms with Gasteiger partial charge in [0, 0.05) is 17.3 Å². The summed E-state index contributed by atoms with van der Waals surface area (Å²) in [5.74, 6) is -1.18. The van der Waals surface area contributed by atoms with Crippen molar-refractivity contribution in [1.82, 2.24) is 19.7 Å². The number of fused-ring (bicyclic) bond motifs is 1. The third kappa shape index (κ3) is 3.45. The van der Waals surface area contributed by atoms with Crippen LogP contribution in [-0.4, -0.2) is 30.8 Å². The van der Waals surface area contributed by atoms with Crippen molar-refractivity contribution in [2.45, 2.75) is 6.54 Å². The van der Waals surface area contributed by atoms with Crippen LogP contribution in [0.25, 0.3) is 10.9 Å². The fourth-order valence-electron chi connectivity index (χ4n) is 2.82. The molecule has 0 amide bonds. The number of aromatic nitrogens is 4. The van der Waals surface area contributed by atoms with Crippen molar-refractivity contribution in [3.63, 3.8) is 0 Å². The lowest BCUT2D eigenvalue weighted by molar-refractivity contribution is 0.0697. The van der Waals surface area contributed by atoms with Crippen LogP contribution in [0.1, 0.15) is 15.9 Å². The van der Waals surface area contributed by atoms with E-state index >= 15 is 0 Å². The van der Waals surface area contributed by atoms with Gasteiger partial charge in [0.15, 0.2) is 0 Å².